The van der Waals surface area contributed by atoms with E-state index in [2.05, 4.69) is 5.32 Å². The van der Waals surface area contributed by atoms with Crippen molar-refractivity contribution in [2.45, 2.75) is 76.4 Å². The summed E-state index contributed by atoms with van der Waals surface area (Å²) in [6.45, 7) is 5.38. The molecule has 0 bridgehead atoms. The Kier molecular flexibility index (Phi) is 10.1. The van der Waals surface area contributed by atoms with Crippen LogP contribution in [0.4, 0.5) is 5.69 Å². The van der Waals surface area contributed by atoms with Gasteiger partial charge in [0.05, 0.1) is 10.6 Å². The topological polar surface area (TPSA) is 86.8 Å². The number of nitrogens with one attached hydrogen (secondary N) is 1. The number of aryl methyl sites for hydroxylation is 2. The van der Waals surface area contributed by atoms with Gasteiger partial charge >= 0.3 is 0 Å². The lowest BCUT2D eigenvalue weighted by molar-refractivity contribution is -0.140. The van der Waals surface area contributed by atoms with Crippen LogP contribution in [0.3, 0.4) is 0 Å². The van der Waals surface area contributed by atoms with E-state index in [9.17, 15) is 18.0 Å². The van der Waals surface area contributed by atoms with Gasteiger partial charge in [0, 0.05) is 17.6 Å². The average molecular weight is 596 g/mol. The van der Waals surface area contributed by atoms with Crippen molar-refractivity contribution in [2.75, 3.05) is 10.8 Å². The number of sulfonamides is 1. The molecule has 41 heavy (non-hydrogen) atoms. The van der Waals surface area contributed by atoms with Crippen LogP contribution in [-0.4, -0.2) is 43.8 Å². The summed E-state index contributed by atoms with van der Waals surface area (Å²) in [5.74, 6) is -0.664. The van der Waals surface area contributed by atoms with Gasteiger partial charge in [0.25, 0.3) is 10.0 Å². The molecule has 1 saturated carbocycles. The van der Waals surface area contributed by atoms with Gasteiger partial charge in [-0.3, -0.25) is 13.9 Å². The molecule has 1 aliphatic rings. The first-order valence-corrected chi connectivity index (χ1v) is 15.9. The fraction of sp³-hybridized carbons (Fsp3) is 0.375. The van der Waals surface area contributed by atoms with Gasteiger partial charge < -0.3 is 10.2 Å². The summed E-state index contributed by atoms with van der Waals surface area (Å²) in [6, 6.07) is 20.1. The van der Waals surface area contributed by atoms with Crippen molar-refractivity contribution in [3.63, 3.8) is 0 Å². The highest BCUT2D eigenvalue weighted by Gasteiger charge is 2.35. The second kappa shape index (κ2) is 13.5. The highest BCUT2D eigenvalue weighted by molar-refractivity contribution is 7.92. The number of benzene rings is 3. The first-order chi connectivity index (χ1) is 19.6. The number of para-hydroxylation sites is 1. The molecule has 1 aliphatic carbocycles. The molecule has 218 valence electrons. The summed E-state index contributed by atoms with van der Waals surface area (Å²) in [4.78, 5) is 29.3. The van der Waals surface area contributed by atoms with E-state index in [0.717, 1.165) is 41.1 Å². The minimum absolute atomic E-state index is 0.0223. The molecule has 3 aromatic rings. The van der Waals surface area contributed by atoms with Crippen molar-refractivity contribution < 1.29 is 18.0 Å². The first kappa shape index (κ1) is 30.6. The Balaban J connectivity index is 1.72. The number of amides is 2. The molecular weight excluding hydrogens is 558 g/mol. The lowest BCUT2D eigenvalue weighted by atomic mass is 10.1. The van der Waals surface area contributed by atoms with Gasteiger partial charge in [0.1, 0.15) is 12.6 Å². The number of carbonyl (C=O) groups is 2. The van der Waals surface area contributed by atoms with E-state index in [4.69, 9.17) is 11.6 Å². The molecule has 0 saturated heterocycles. The van der Waals surface area contributed by atoms with Crippen molar-refractivity contribution >= 4 is 39.1 Å². The van der Waals surface area contributed by atoms with E-state index in [0.29, 0.717) is 22.7 Å². The number of rotatable bonds is 11. The molecule has 1 fully saturated rings. The van der Waals surface area contributed by atoms with Crippen molar-refractivity contribution in [1.29, 1.82) is 0 Å². The van der Waals surface area contributed by atoms with Crippen LogP contribution in [0.1, 0.15) is 55.7 Å². The SMILES string of the molecule is CCC(C(=O)NC1CCCC1)N(Cc1ccc(C)cc1)C(=O)CN(c1ccccc1C)S(=O)(=O)c1ccc(Cl)cc1. The minimum atomic E-state index is -4.15. The third kappa shape index (κ3) is 7.49. The second-order valence-corrected chi connectivity index (χ2v) is 13.0. The van der Waals surface area contributed by atoms with Crippen LogP contribution < -0.4 is 9.62 Å². The van der Waals surface area contributed by atoms with Gasteiger partial charge in [-0.1, -0.05) is 79.4 Å². The number of nitrogens with zero attached hydrogens (tertiary/aromatic N) is 2. The van der Waals surface area contributed by atoms with Crippen LogP contribution >= 0.6 is 11.6 Å². The van der Waals surface area contributed by atoms with Crippen LogP contribution in [-0.2, 0) is 26.2 Å². The van der Waals surface area contributed by atoms with E-state index in [-0.39, 0.29) is 23.4 Å². The summed E-state index contributed by atoms with van der Waals surface area (Å²) < 4.78 is 29.1. The van der Waals surface area contributed by atoms with Gasteiger partial charge in [-0.2, -0.15) is 0 Å². The second-order valence-electron chi connectivity index (χ2n) is 10.7. The quantitative estimate of drug-likeness (QED) is 0.294. The predicted molar refractivity (Wildman–Crippen MR) is 163 cm³/mol. The Morgan fingerprint density at radius 3 is 2.20 bits per heavy atom. The van der Waals surface area contributed by atoms with E-state index in [1.807, 2.05) is 44.2 Å². The van der Waals surface area contributed by atoms with Crippen LogP contribution in [0.5, 0.6) is 0 Å². The van der Waals surface area contributed by atoms with E-state index in [1.54, 1.807) is 25.1 Å². The maximum absolute atomic E-state index is 14.2. The Bertz CT molecular complexity index is 1450. The molecule has 2 amide bonds. The number of anilines is 1. The lowest BCUT2D eigenvalue weighted by Gasteiger charge is -2.34. The smallest absolute Gasteiger partial charge is 0.264 e. The zero-order chi connectivity index (χ0) is 29.6. The molecule has 9 heteroatoms. The predicted octanol–water partition coefficient (Wildman–Crippen LogP) is 6.02. The van der Waals surface area contributed by atoms with Crippen molar-refractivity contribution in [1.82, 2.24) is 10.2 Å². The molecule has 1 unspecified atom stereocenters. The van der Waals surface area contributed by atoms with Crippen LogP contribution in [0, 0.1) is 13.8 Å². The van der Waals surface area contributed by atoms with Crippen molar-refractivity contribution in [3.8, 4) is 0 Å². The highest BCUT2D eigenvalue weighted by Crippen LogP contribution is 2.28. The van der Waals surface area contributed by atoms with Crippen LogP contribution in [0.25, 0.3) is 0 Å². The molecule has 3 aromatic carbocycles. The normalized spacial score (nSPS) is 14.4. The van der Waals surface area contributed by atoms with Gasteiger partial charge in [-0.15, -0.1) is 0 Å². The summed E-state index contributed by atoms with van der Waals surface area (Å²) in [6.07, 6.45) is 4.39. The van der Waals surface area contributed by atoms with Gasteiger partial charge in [0.2, 0.25) is 11.8 Å². The Labute approximate surface area is 248 Å². The molecule has 0 heterocycles. The van der Waals surface area contributed by atoms with Crippen molar-refractivity contribution in [3.05, 3.63) is 94.5 Å². The molecule has 1 N–H and O–H groups in total. The van der Waals surface area contributed by atoms with Gasteiger partial charge in [-0.25, -0.2) is 8.42 Å². The standard InChI is InChI=1S/C32H38ClN3O4S/c1-4-29(32(38)34-27-10-6-7-11-27)35(21-25-15-13-23(2)14-16-25)31(37)22-36(30-12-8-5-9-24(30)3)41(39,40)28-19-17-26(33)18-20-28/h5,8-9,12-20,27,29H,4,6-7,10-11,21-22H2,1-3H3,(H,34,38). The summed E-state index contributed by atoms with van der Waals surface area (Å²) in [7, 11) is -4.15. The third-order valence-electron chi connectivity index (χ3n) is 7.63. The molecule has 4 rings (SSSR count). The molecule has 0 radical (unpaired) electrons. The average Bonchev–Trinajstić information content (AvgIpc) is 3.46. The lowest BCUT2D eigenvalue weighted by Crippen LogP contribution is -2.53. The highest BCUT2D eigenvalue weighted by atomic mass is 35.5. The Morgan fingerprint density at radius 2 is 1.59 bits per heavy atom. The first-order valence-electron chi connectivity index (χ1n) is 14.1. The zero-order valence-corrected chi connectivity index (χ0v) is 25.4. The fourth-order valence-corrected chi connectivity index (χ4v) is 6.87. The third-order valence-corrected chi connectivity index (χ3v) is 9.65. The maximum atomic E-state index is 14.2. The van der Waals surface area contributed by atoms with Crippen LogP contribution in [0.2, 0.25) is 5.02 Å². The van der Waals surface area contributed by atoms with Crippen molar-refractivity contribution in [2.24, 2.45) is 0 Å². The largest absolute Gasteiger partial charge is 0.352 e. The Morgan fingerprint density at radius 1 is 0.951 bits per heavy atom. The molecule has 0 aromatic heterocycles. The molecule has 7 nitrogen and oxygen atoms in total. The molecule has 0 aliphatic heterocycles. The summed E-state index contributed by atoms with van der Waals surface area (Å²) in [5, 5.41) is 3.55. The Hall–Kier alpha value is -3.36. The molecular formula is C32H38ClN3O4S. The zero-order valence-electron chi connectivity index (χ0n) is 23.8. The van der Waals surface area contributed by atoms with Gasteiger partial charge in [0.15, 0.2) is 0 Å². The molecule has 0 spiro atoms. The van der Waals surface area contributed by atoms with E-state index < -0.39 is 28.5 Å². The monoisotopic (exact) mass is 595 g/mol. The van der Waals surface area contributed by atoms with Crippen LogP contribution in [0.15, 0.2) is 77.7 Å². The van der Waals surface area contributed by atoms with Gasteiger partial charge in [-0.05, 0) is 74.6 Å². The minimum Gasteiger partial charge on any atom is -0.352 e. The molecule has 1 atom stereocenters. The number of hydrogen-bond donors (Lipinski definition) is 1. The van der Waals surface area contributed by atoms with E-state index in [1.165, 1.54) is 29.2 Å². The fourth-order valence-electron chi connectivity index (χ4n) is 5.27. The maximum Gasteiger partial charge on any atom is 0.264 e. The number of hydrogen-bond acceptors (Lipinski definition) is 4. The number of carbonyl (C=O) groups excluding carboxylic acids is 2. The summed E-state index contributed by atoms with van der Waals surface area (Å²) >= 11 is 6.03. The van der Waals surface area contributed by atoms with E-state index >= 15 is 0 Å². The summed E-state index contributed by atoms with van der Waals surface area (Å²) in [5.41, 5.74) is 3.04. The number of halogens is 1.